The summed E-state index contributed by atoms with van der Waals surface area (Å²) in [6.45, 7) is 10.1. The van der Waals surface area contributed by atoms with Gasteiger partial charge in [-0.1, -0.05) is 74.5 Å². The van der Waals surface area contributed by atoms with Crippen LogP contribution in [0.2, 0.25) is 5.04 Å². The van der Waals surface area contributed by atoms with Gasteiger partial charge in [-0.05, 0) is 34.8 Å². The minimum Gasteiger partial charge on any atom is -0.424 e. The maximum atomic E-state index is 12.1. The van der Waals surface area contributed by atoms with E-state index in [0.29, 0.717) is 0 Å². The molecule has 1 aliphatic rings. The molecule has 4 heteroatoms. The van der Waals surface area contributed by atoms with Crippen molar-refractivity contribution in [1.82, 2.24) is 10.2 Å². The lowest BCUT2D eigenvalue weighted by molar-refractivity contribution is 0.232. The summed E-state index contributed by atoms with van der Waals surface area (Å²) in [6.07, 6.45) is 2.16. The first kappa shape index (κ1) is 19.3. The van der Waals surface area contributed by atoms with Crippen LogP contribution in [0.5, 0.6) is 0 Å². The predicted octanol–water partition coefficient (Wildman–Crippen LogP) is 2.20. The highest BCUT2D eigenvalue weighted by Gasteiger charge is 2.49. The van der Waals surface area contributed by atoms with Gasteiger partial charge in [0.15, 0.2) is 0 Å². The molecule has 1 fully saturated rings. The van der Waals surface area contributed by atoms with Gasteiger partial charge in [0.25, 0.3) is 8.32 Å². The van der Waals surface area contributed by atoms with E-state index >= 15 is 0 Å². The number of hydrogen-bond donors (Lipinski definition) is 2. The molecule has 3 rings (SSSR count). The van der Waals surface area contributed by atoms with E-state index < -0.39 is 8.32 Å². The molecule has 0 aromatic heterocycles. The molecule has 2 N–H and O–H groups in total. The van der Waals surface area contributed by atoms with Crippen molar-refractivity contribution in [2.45, 2.75) is 31.7 Å². The van der Waals surface area contributed by atoms with Crippen LogP contribution < -0.4 is 15.7 Å². The number of rotatable bonds is 7. The molecule has 0 amide bonds. The molecule has 0 bridgehead atoms. The van der Waals surface area contributed by atoms with Crippen molar-refractivity contribution in [3.8, 4) is 0 Å². The summed E-state index contributed by atoms with van der Waals surface area (Å²) in [6, 6.07) is 20.7. The molecule has 2 aromatic carbocycles. The lowest BCUT2D eigenvalue weighted by atomic mass is 10.1. The van der Waals surface area contributed by atoms with Crippen LogP contribution in [0.15, 0.2) is 60.7 Å². The van der Waals surface area contributed by atoms with Gasteiger partial charge in [0.2, 0.25) is 0 Å². The quantitative estimate of drug-likeness (QED) is 0.736. The van der Waals surface area contributed by atoms with Gasteiger partial charge in [0, 0.05) is 26.2 Å². The molecule has 1 heterocycles. The molecule has 0 aliphatic carbocycles. The number of piperazine rings is 1. The average Bonchev–Trinajstić information content (AvgIpc) is 2.69. The summed E-state index contributed by atoms with van der Waals surface area (Å²) in [5.74, 6) is 0. The van der Waals surface area contributed by atoms with E-state index in [4.69, 9.17) is 0 Å². The highest BCUT2D eigenvalue weighted by molar-refractivity contribution is 6.98. The summed E-state index contributed by atoms with van der Waals surface area (Å²) >= 11 is 0. The first-order valence-corrected chi connectivity index (χ1v) is 11.8. The van der Waals surface area contributed by atoms with Crippen molar-refractivity contribution >= 4 is 18.7 Å². The number of hydrogen-bond acceptors (Lipinski definition) is 3. The third-order valence-electron chi connectivity index (χ3n) is 5.85. The second kappa shape index (κ2) is 8.48. The fourth-order valence-electron chi connectivity index (χ4n) is 4.17. The maximum absolute atomic E-state index is 12.1. The molecular formula is C22H32N2OSi. The first-order valence-electron chi connectivity index (χ1n) is 9.80. The fraction of sp³-hybridized carbons (Fsp3) is 0.455. The SMILES string of the molecule is CC(C)(CCCN1CCNCC1)[Si](O)(c1ccccc1)c1ccccc1. The Kier molecular flexibility index (Phi) is 6.30. The van der Waals surface area contributed by atoms with Gasteiger partial charge in [0.05, 0.1) is 0 Å². The van der Waals surface area contributed by atoms with Gasteiger partial charge in [-0.3, -0.25) is 0 Å². The minimum atomic E-state index is -2.85. The summed E-state index contributed by atoms with van der Waals surface area (Å²) in [7, 11) is -2.85. The zero-order chi connectivity index (χ0) is 18.5. The van der Waals surface area contributed by atoms with Gasteiger partial charge in [-0.15, -0.1) is 0 Å². The van der Waals surface area contributed by atoms with Crippen LogP contribution in [-0.4, -0.2) is 50.7 Å². The molecule has 0 saturated carbocycles. The largest absolute Gasteiger partial charge is 0.424 e. The Labute approximate surface area is 159 Å². The van der Waals surface area contributed by atoms with Crippen LogP contribution in [0.1, 0.15) is 26.7 Å². The zero-order valence-electron chi connectivity index (χ0n) is 16.1. The standard InChI is InChI=1S/C22H32N2OSi/c1-22(2,14-9-17-24-18-15-23-16-19-24)26(25,20-10-5-3-6-11-20)21-12-7-4-8-13-21/h3-8,10-13,23,25H,9,14-19H2,1-2H3. The van der Waals surface area contributed by atoms with Gasteiger partial charge in [-0.2, -0.15) is 0 Å². The summed E-state index contributed by atoms with van der Waals surface area (Å²) in [5.41, 5.74) is 0. The average molecular weight is 369 g/mol. The van der Waals surface area contributed by atoms with Crippen molar-refractivity contribution in [2.24, 2.45) is 0 Å². The maximum Gasteiger partial charge on any atom is 0.258 e. The molecule has 0 atom stereocenters. The molecule has 0 spiro atoms. The Morgan fingerprint density at radius 3 is 1.92 bits per heavy atom. The monoisotopic (exact) mass is 368 g/mol. The molecule has 3 nitrogen and oxygen atoms in total. The van der Waals surface area contributed by atoms with E-state index in [0.717, 1.165) is 55.9 Å². The Hall–Kier alpha value is -1.46. The number of nitrogens with zero attached hydrogens (tertiary/aromatic N) is 1. The topological polar surface area (TPSA) is 35.5 Å². The van der Waals surface area contributed by atoms with Crippen LogP contribution in [0, 0.1) is 0 Å². The van der Waals surface area contributed by atoms with Gasteiger partial charge < -0.3 is 15.0 Å². The van der Waals surface area contributed by atoms with E-state index in [1.165, 1.54) is 0 Å². The normalized spacial score (nSPS) is 16.6. The highest BCUT2D eigenvalue weighted by Crippen LogP contribution is 2.39. The molecule has 2 aromatic rings. The minimum absolute atomic E-state index is 0.135. The van der Waals surface area contributed by atoms with Crippen LogP contribution in [-0.2, 0) is 0 Å². The van der Waals surface area contributed by atoms with E-state index in [1.54, 1.807) is 0 Å². The Balaban J connectivity index is 1.81. The highest BCUT2D eigenvalue weighted by atomic mass is 28.4. The van der Waals surface area contributed by atoms with Crippen molar-refractivity contribution in [1.29, 1.82) is 0 Å². The molecule has 0 radical (unpaired) electrons. The third kappa shape index (κ3) is 4.09. The predicted molar refractivity (Wildman–Crippen MR) is 113 cm³/mol. The number of benzene rings is 2. The van der Waals surface area contributed by atoms with E-state index in [-0.39, 0.29) is 5.04 Å². The van der Waals surface area contributed by atoms with Crippen LogP contribution in [0.3, 0.4) is 0 Å². The van der Waals surface area contributed by atoms with Crippen molar-refractivity contribution in [2.75, 3.05) is 32.7 Å². The molecule has 1 saturated heterocycles. The second-order valence-electron chi connectivity index (χ2n) is 8.02. The smallest absolute Gasteiger partial charge is 0.258 e. The van der Waals surface area contributed by atoms with Crippen molar-refractivity contribution < 1.29 is 4.80 Å². The van der Waals surface area contributed by atoms with Crippen LogP contribution >= 0.6 is 0 Å². The Bertz CT molecular complexity index is 630. The lowest BCUT2D eigenvalue weighted by Crippen LogP contribution is -2.65. The van der Waals surface area contributed by atoms with Crippen molar-refractivity contribution in [3.63, 3.8) is 0 Å². The molecule has 26 heavy (non-hydrogen) atoms. The van der Waals surface area contributed by atoms with Gasteiger partial charge in [-0.25, -0.2) is 0 Å². The Morgan fingerprint density at radius 2 is 1.42 bits per heavy atom. The molecule has 1 aliphatic heterocycles. The van der Waals surface area contributed by atoms with Gasteiger partial charge in [0.1, 0.15) is 0 Å². The second-order valence-corrected chi connectivity index (χ2v) is 12.0. The number of nitrogens with one attached hydrogen (secondary N) is 1. The van der Waals surface area contributed by atoms with Crippen molar-refractivity contribution in [3.05, 3.63) is 60.7 Å². The molecule has 140 valence electrons. The van der Waals surface area contributed by atoms with E-state index in [1.807, 2.05) is 36.4 Å². The zero-order valence-corrected chi connectivity index (χ0v) is 17.1. The summed E-state index contributed by atoms with van der Waals surface area (Å²) in [4.78, 5) is 14.7. The summed E-state index contributed by atoms with van der Waals surface area (Å²) in [5, 5.41) is 5.50. The van der Waals surface area contributed by atoms with Crippen LogP contribution in [0.4, 0.5) is 0 Å². The van der Waals surface area contributed by atoms with Gasteiger partial charge >= 0.3 is 0 Å². The first-order chi connectivity index (χ1) is 12.5. The fourth-order valence-corrected chi connectivity index (χ4v) is 7.95. The summed E-state index contributed by atoms with van der Waals surface area (Å²) < 4.78 is 0. The van der Waals surface area contributed by atoms with E-state index in [2.05, 4.69) is 48.3 Å². The molecule has 0 unspecified atom stereocenters. The Morgan fingerprint density at radius 1 is 0.923 bits per heavy atom. The van der Waals surface area contributed by atoms with Crippen LogP contribution in [0.25, 0.3) is 0 Å². The van der Waals surface area contributed by atoms with E-state index in [9.17, 15) is 4.80 Å². The molecular weight excluding hydrogens is 336 g/mol. The third-order valence-corrected chi connectivity index (χ3v) is 10.4. The lowest BCUT2D eigenvalue weighted by Gasteiger charge is -2.41.